The Labute approximate surface area is 122 Å². The Morgan fingerprint density at radius 1 is 1.55 bits per heavy atom. The van der Waals surface area contributed by atoms with Crippen LogP contribution in [0.4, 0.5) is 5.00 Å². The Hall–Kier alpha value is -1.42. The number of anilines is 1. The summed E-state index contributed by atoms with van der Waals surface area (Å²) in [7, 11) is 0. The molecule has 0 aromatic carbocycles. The largest absolute Gasteiger partial charge is 0.387 e. The summed E-state index contributed by atoms with van der Waals surface area (Å²) < 4.78 is 0. The number of hydrogen-bond acceptors (Lipinski definition) is 5. The van der Waals surface area contributed by atoms with Crippen LogP contribution in [0, 0.1) is 25.2 Å². The third kappa shape index (κ3) is 2.85. The molecule has 5 nitrogen and oxygen atoms in total. The summed E-state index contributed by atoms with van der Waals surface area (Å²) in [6.07, 6.45) is 0.701. The maximum atomic E-state index is 12.0. The lowest BCUT2D eigenvalue weighted by molar-refractivity contribution is -0.128. The van der Waals surface area contributed by atoms with E-state index in [-0.39, 0.29) is 12.5 Å². The summed E-state index contributed by atoms with van der Waals surface area (Å²) in [6.45, 7) is 7.08. The summed E-state index contributed by atoms with van der Waals surface area (Å²) in [5.41, 5.74) is 0.848. The van der Waals surface area contributed by atoms with Gasteiger partial charge in [-0.15, -0.1) is 11.3 Å². The van der Waals surface area contributed by atoms with Gasteiger partial charge in [-0.25, -0.2) is 0 Å². The summed E-state index contributed by atoms with van der Waals surface area (Å²) in [6, 6.07) is 2.14. The van der Waals surface area contributed by atoms with Gasteiger partial charge in [-0.05, 0) is 25.8 Å². The number of thiophene rings is 1. The number of nitriles is 1. The lowest BCUT2D eigenvalue weighted by Gasteiger charge is -2.45. The number of carbonyl (C=O) groups is 1. The van der Waals surface area contributed by atoms with Crippen molar-refractivity contribution in [2.24, 2.45) is 0 Å². The van der Waals surface area contributed by atoms with Gasteiger partial charge in [-0.1, -0.05) is 6.92 Å². The molecule has 0 spiro atoms. The number of hydrogen-bond donors (Lipinski definition) is 2. The van der Waals surface area contributed by atoms with Crippen LogP contribution in [0.3, 0.4) is 0 Å². The predicted octanol–water partition coefficient (Wildman–Crippen LogP) is 1.63. The lowest BCUT2D eigenvalue weighted by atomic mass is 9.91. The maximum Gasteiger partial charge on any atom is 0.239 e. The van der Waals surface area contributed by atoms with Gasteiger partial charge in [0.2, 0.25) is 5.91 Å². The first kappa shape index (κ1) is 15.0. The van der Waals surface area contributed by atoms with E-state index in [4.69, 9.17) is 5.26 Å². The topological polar surface area (TPSA) is 76.4 Å². The lowest BCUT2D eigenvalue weighted by Crippen LogP contribution is -2.62. The van der Waals surface area contributed by atoms with Crippen molar-refractivity contribution >= 4 is 22.2 Å². The standard InChI is InChI=1S/C14H19N3O2S/c1-4-14(19)7-17(8-14)6-12(18)16-13-11(5-15)9(2)10(3)20-13/h19H,4,6-8H2,1-3H3,(H,16,18). The van der Waals surface area contributed by atoms with E-state index in [1.165, 1.54) is 11.3 Å². The van der Waals surface area contributed by atoms with Crippen LogP contribution in [-0.4, -0.2) is 41.1 Å². The first-order valence-corrected chi connectivity index (χ1v) is 7.45. The van der Waals surface area contributed by atoms with E-state index in [2.05, 4.69) is 11.4 Å². The zero-order valence-electron chi connectivity index (χ0n) is 12.0. The highest BCUT2D eigenvalue weighted by atomic mass is 32.1. The van der Waals surface area contributed by atoms with E-state index in [0.29, 0.717) is 30.1 Å². The van der Waals surface area contributed by atoms with E-state index in [1.807, 2.05) is 25.7 Å². The molecule has 1 saturated heterocycles. The van der Waals surface area contributed by atoms with Crippen LogP contribution >= 0.6 is 11.3 Å². The first-order valence-electron chi connectivity index (χ1n) is 6.63. The number of rotatable bonds is 4. The van der Waals surface area contributed by atoms with Gasteiger partial charge >= 0.3 is 0 Å². The van der Waals surface area contributed by atoms with Crippen molar-refractivity contribution in [1.29, 1.82) is 5.26 Å². The molecule has 1 fully saturated rings. The quantitative estimate of drug-likeness (QED) is 0.884. The molecule has 1 aromatic rings. The fraction of sp³-hybridized carbons (Fsp3) is 0.571. The molecule has 1 aromatic heterocycles. The molecule has 1 aliphatic heterocycles. The van der Waals surface area contributed by atoms with Crippen LogP contribution in [-0.2, 0) is 4.79 Å². The number of aliphatic hydroxyl groups is 1. The first-order chi connectivity index (χ1) is 9.38. The summed E-state index contributed by atoms with van der Waals surface area (Å²) in [4.78, 5) is 14.9. The van der Waals surface area contributed by atoms with Crippen LogP contribution in [0.1, 0.15) is 29.3 Å². The van der Waals surface area contributed by atoms with Crippen LogP contribution in [0.15, 0.2) is 0 Å². The molecule has 108 valence electrons. The average Bonchev–Trinajstić information content (AvgIpc) is 2.62. The fourth-order valence-corrected chi connectivity index (χ4v) is 3.37. The van der Waals surface area contributed by atoms with Crippen molar-refractivity contribution in [2.45, 2.75) is 32.8 Å². The number of β-amino-alcohol motifs (C(OH)–C–C–N with tert-alkyl or cyclic N) is 1. The number of nitrogens with one attached hydrogen (secondary N) is 1. The van der Waals surface area contributed by atoms with Crippen molar-refractivity contribution in [1.82, 2.24) is 4.90 Å². The zero-order chi connectivity index (χ0) is 14.9. The van der Waals surface area contributed by atoms with Crippen LogP contribution in [0.5, 0.6) is 0 Å². The molecule has 0 aliphatic carbocycles. The second-order valence-corrected chi connectivity index (χ2v) is 6.60. The Morgan fingerprint density at radius 3 is 2.75 bits per heavy atom. The Kier molecular flexibility index (Phi) is 4.14. The van der Waals surface area contributed by atoms with Crippen molar-refractivity contribution in [3.63, 3.8) is 0 Å². The minimum absolute atomic E-state index is 0.138. The summed E-state index contributed by atoms with van der Waals surface area (Å²) >= 11 is 1.43. The van der Waals surface area contributed by atoms with Crippen molar-refractivity contribution < 1.29 is 9.90 Å². The third-order valence-electron chi connectivity index (χ3n) is 3.81. The Morgan fingerprint density at radius 2 is 2.20 bits per heavy atom. The van der Waals surface area contributed by atoms with Gasteiger partial charge in [0, 0.05) is 18.0 Å². The van der Waals surface area contributed by atoms with Gasteiger partial charge in [0.05, 0.1) is 17.7 Å². The number of aryl methyl sites for hydroxylation is 1. The van der Waals surface area contributed by atoms with Crippen molar-refractivity contribution in [3.8, 4) is 6.07 Å². The number of likely N-dealkylation sites (tertiary alicyclic amines) is 1. The van der Waals surface area contributed by atoms with Gasteiger partial charge in [0.1, 0.15) is 11.1 Å². The van der Waals surface area contributed by atoms with E-state index in [9.17, 15) is 9.90 Å². The minimum Gasteiger partial charge on any atom is -0.387 e. The molecule has 20 heavy (non-hydrogen) atoms. The average molecular weight is 293 g/mol. The number of carbonyl (C=O) groups excluding carboxylic acids is 1. The van der Waals surface area contributed by atoms with E-state index < -0.39 is 5.60 Å². The molecule has 0 bridgehead atoms. The minimum atomic E-state index is -0.631. The van der Waals surface area contributed by atoms with Gasteiger partial charge < -0.3 is 10.4 Å². The molecule has 0 atom stereocenters. The second-order valence-electron chi connectivity index (χ2n) is 5.37. The summed E-state index contributed by atoms with van der Waals surface area (Å²) in [5.74, 6) is -0.138. The predicted molar refractivity (Wildman–Crippen MR) is 78.8 cm³/mol. The second kappa shape index (κ2) is 5.52. The molecule has 0 unspecified atom stereocenters. The van der Waals surface area contributed by atoms with Crippen LogP contribution in [0.2, 0.25) is 0 Å². The third-order valence-corrected chi connectivity index (χ3v) is 4.93. The van der Waals surface area contributed by atoms with E-state index >= 15 is 0 Å². The smallest absolute Gasteiger partial charge is 0.239 e. The highest BCUT2D eigenvalue weighted by Gasteiger charge is 2.39. The summed E-state index contributed by atoms with van der Waals surface area (Å²) in [5, 5.41) is 22.5. The fourth-order valence-electron chi connectivity index (χ4n) is 2.34. The molecule has 1 amide bonds. The normalized spacial score (nSPS) is 17.4. The Bertz CT molecular complexity index is 568. The zero-order valence-corrected chi connectivity index (χ0v) is 12.8. The van der Waals surface area contributed by atoms with Gasteiger partial charge in [-0.2, -0.15) is 5.26 Å². The maximum absolute atomic E-state index is 12.0. The molecule has 2 rings (SSSR count). The van der Waals surface area contributed by atoms with E-state index in [0.717, 1.165) is 10.4 Å². The molecule has 0 radical (unpaired) electrons. The number of amides is 1. The van der Waals surface area contributed by atoms with Gasteiger partial charge in [0.15, 0.2) is 0 Å². The van der Waals surface area contributed by atoms with Crippen molar-refractivity contribution in [2.75, 3.05) is 25.0 Å². The Balaban J connectivity index is 1.94. The van der Waals surface area contributed by atoms with Gasteiger partial charge in [0.25, 0.3) is 0 Å². The van der Waals surface area contributed by atoms with Crippen LogP contribution < -0.4 is 5.32 Å². The molecule has 0 saturated carbocycles. The molecular weight excluding hydrogens is 274 g/mol. The molecule has 2 N–H and O–H groups in total. The molecular formula is C14H19N3O2S. The SMILES string of the molecule is CCC1(O)CN(CC(=O)Nc2sc(C)c(C)c2C#N)C1. The van der Waals surface area contributed by atoms with Crippen molar-refractivity contribution in [3.05, 3.63) is 16.0 Å². The molecule has 1 aliphatic rings. The highest BCUT2D eigenvalue weighted by Crippen LogP contribution is 2.31. The van der Waals surface area contributed by atoms with E-state index in [1.54, 1.807) is 0 Å². The number of nitrogens with zero attached hydrogens (tertiary/aromatic N) is 2. The highest BCUT2D eigenvalue weighted by molar-refractivity contribution is 7.16. The van der Waals surface area contributed by atoms with Gasteiger partial charge in [-0.3, -0.25) is 9.69 Å². The monoisotopic (exact) mass is 293 g/mol. The molecule has 6 heteroatoms. The van der Waals surface area contributed by atoms with Crippen LogP contribution in [0.25, 0.3) is 0 Å². The molecule has 2 heterocycles.